The lowest BCUT2D eigenvalue weighted by Crippen LogP contribution is -2.04. The zero-order chi connectivity index (χ0) is 21.1. The van der Waals surface area contributed by atoms with Gasteiger partial charge in [0.05, 0.1) is 11.5 Å². The van der Waals surface area contributed by atoms with Crippen LogP contribution in [0.2, 0.25) is 0 Å². The summed E-state index contributed by atoms with van der Waals surface area (Å²) in [5, 5.41) is 0. The molecule has 0 heterocycles. The molecule has 0 aliphatic rings. The van der Waals surface area contributed by atoms with Crippen molar-refractivity contribution in [2.45, 2.75) is 63.9 Å². The van der Waals surface area contributed by atoms with Crippen LogP contribution in [-0.4, -0.2) is 19.6 Å². The molecule has 0 radical (unpaired) electrons. The fraction of sp³-hybridized carbons (Fsp3) is 0.500. The zero-order valence-corrected chi connectivity index (χ0v) is 18.4. The summed E-state index contributed by atoms with van der Waals surface area (Å²) in [6.45, 7) is 6.08. The van der Waals surface area contributed by atoms with Crippen molar-refractivity contribution in [2.75, 3.05) is 6.61 Å². The van der Waals surface area contributed by atoms with Crippen molar-refractivity contribution in [1.29, 1.82) is 0 Å². The SMILES string of the molecule is C[C@H](CCC[C@H](C)CCc1ccc(S(=O)(=O)O)cc1)CCOCc1ccccc1. The Labute approximate surface area is 176 Å². The van der Waals surface area contributed by atoms with Crippen molar-refractivity contribution in [1.82, 2.24) is 0 Å². The number of aryl methyl sites for hydroxylation is 1. The molecule has 2 aromatic rings. The van der Waals surface area contributed by atoms with Crippen LogP contribution >= 0.6 is 0 Å². The highest BCUT2D eigenvalue weighted by Gasteiger charge is 2.10. The Morgan fingerprint density at radius 3 is 2.07 bits per heavy atom. The van der Waals surface area contributed by atoms with E-state index < -0.39 is 10.1 Å². The molecule has 0 aromatic heterocycles. The summed E-state index contributed by atoms with van der Waals surface area (Å²) < 4.78 is 37.0. The summed E-state index contributed by atoms with van der Waals surface area (Å²) in [4.78, 5) is -0.0453. The number of hydrogen-bond donors (Lipinski definition) is 1. The minimum Gasteiger partial charge on any atom is -0.377 e. The Bertz CT molecular complexity index is 801. The fourth-order valence-electron chi connectivity index (χ4n) is 3.39. The second-order valence-electron chi connectivity index (χ2n) is 8.13. The maximum Gasteiger partial charge on any atom is 0.294 e. The molecule has 0 unspecified atom stereocenters. The quantitative estimate of drug-likeness (QED) is 0.324. The minimum atomic E-state index is -4.10. The van der Waals surface area contributed by atoms with Crippen molar-refractivity contribution in [3.05, 3.63) is 65.7 Å². The molecule has 4 nitrogen and oxygen atoms in total. The van der Waals surface area contributed by atoms with Crippen LogP contribution in [0.15, 0.2) is 59.5 Å². The van der Waals surface area contributed by atoms with Gasteiger partial charge in [-0.15, -0.1) is 0 Å². The molecular formula is C24H34O4S. The first-order valence-electron chi connectivity index (χ1n) is 10.5. The van der Waals surface area contributed by atoms with E-state index in [2.05, 4.69) is 26.0 Å². The number of ether oxygens (including phenoxy) is 1. The lowest BCUT2D eigenvalue weighted by molar-refractivity contribution is 0.107. The molecule has 0 fully saturated rings. The summed E-state index contributed by atoms with van der Waals surface area (Å²) in [5.74, 6) is 1.31. The summed E-state index contributed by atoms with van der Waals surface area (Å²) in [5.41, 5.74) is 2.33. The van der Waals surface area contributed by atoms with Crippen LogP contribution in [0.4, 0.5) is 0 Å². The molecule has 2 rings (SSSR count). The highest BCUT2D eigenvalue weighted by atomic mass is 32.2. The van der Waals surface area contributed by atoms with Crippen LogP contribution in [0.1, 0.15) is 57.1 Å². The molecule has 0 amide bonds. The second kappa shape index (κ2) is 12.1. The molecule has 1 N–H and O–H groups in total. The van der Waals surface area contributed by atoms with E-state index in [0.29, 0.717) is 18.4 Å². The molecule has 2 aromatic carbocycles. The van der Waals surface area contributed by atoms with Crippen molar-refractivity contribution in [2.24, 2.45) is 11.8 Å². The van der Waals surface area contributed by atoms with Crippen LogP contribution in [0.3, 0.4) is 0 Å². The predicted molar refractivity (Wildman–Crippen MR) is 117 cm³/mol. The van der Waals surface area contributed by atoms with Gasteiger partial charge in [0.1, 0.15) is 0 Å². The zero-order valence-electron chi connectivity index (χ0n) is 17.6. The van der Waals surface area contributed by atoms with Crippen LogP contribution in [0.5, 0.6) is 0 Å². The smallest absolute Gasteiger partial charge is 0.294 e. The Balaban J connectivity index is 1.55. The second-order valence-corrected chi connectivity index (χ2v) is 9.55. The predicted octanol–water partition coefficient (Wildman–Crippen LogP) is 5.92. The lowest BCUT2D eigenvalue weighted by atomic mass is 9.93. The van der Waals surface area contributed by atoms with E-state index in [-0.39, 0.29) is 4.90 Å². The van der Waals surface area contributed by atoms with Gasteiger partial charge in [-0.3, -0.25) is 4.55 Å². The molecule has 0 aliphatic heterocycles. The maximum absolute atomic E-state index is 11.1. The van der Waals surface area contributed by atoms with E-state index in [1.165, 1.54) is 37.0 Å². The highest BCUT2D eigenvalue weighted by molar-refractivity contribution is 7.85. The fourth-order valence-corrected chi connectivity index (χ4v) is 3.87. The Kier molecular flexibility index (Phi) is 9.85. The average molecular weight is 419 g/mol. The van der Waals surface area contributed by atoms with Gasteiger partial charge in [0, 0.05) is 6.61 Å². The minimum absolute atomic E-state index is 0.0453. The molecule has 160 valence electrons. The molecule has 29 heavy (non-hydrogen) atoms. The molecule has 5 heteroatoms. The van der Waals surface area contributed by atoms with Crippen molar-refractivity contribution >= 4 is 10.1 Å². The Morgan fingerprint density at radius 2 is 1.45 bits per heavy atom. The van der Waals surface area contributed by atoms with Gasteiger partial charge in [0.25, 0.3) is 10.1 Å². The highest BCUT2D eigenvalue weighted by Crippen LogP contribution is 2.20. The average Bonchev–Trinajstić information content (AvgIpc) is 2.70. The van der Waals surface area contributed by atoms with Gasteiger partial charge >= 0.3 is 0 Å². The van der Waals surface area contributed by atoms with E-state index in [4.69, 9.17) is 9.29 Å². The standard InChI is InChI=1S/C24H34O4S/c1-20(11-12-22-13-15-24(16-14-22)29(25,26)27)7-6-8-21(2)17-18-28-19-23-9-4-3-5-10-23/h3-5,9-10,13-16,20-21H,6-8,11-12,17-19H2,1-2H3,(H,25,26,27)/t20-,21+/m0/s1. The van der Waals surface area contributed by atoms with Gasteiger partial charge in [0.2, 0.25) is 0 Å². The number of rotatable bonds is 13. The first-order chi connectivity index (χ1) is 13.8. The molecule has 0 spiro atoms. The molecule has 0 saturated carbocycles. The number of benzene rings is 2. The molecule has 0 saturated heterocycles. The van der Waals surface area contributed by atoms with Gasteiger partial charge in [-0.25, -0.2) is 0 Å². The van der Waals surface area contributed by atoms with E-state index in [1.807, 2.05) is 18.2 Å². The van der Waals surface area contributed by atoms with E-state index >= 15 is 0 Å². The van der Waals surface area contributed by atoms with Crippen molar-refractivity contribution in [3.63, 3.8) is 0 Å². The van der Waals surface area contributed by atoms with Gasteiger partial charge in [-0.1, -0.05) is 75.6 Å². The van der Waals surface area contributed by atoms with Crippen LogP contribution in [0.25, 0.3) is 0 Å². The third-order valence-corrected chi connectivity index (χ3v) is 6.28. The summed E-state index contributed by atoms with van der Waals surface area (Å²) in [6.07, 6.45) is 6.76. The normalized spacial score (nSPS) is 13.9. The van der Waals surface area contributed by atoms with E-state index in [0.717, 1.165) is 31.4 Å². The monoisotopic (exact) mass is 418 g/mol. The van der Waals surface area contributed by atoms with Crippen molar-refractivity contribution in [3.8, 4) is 0 Å². The summed E-state index contributed by atoms with van der Waals surface area (Å²) in [6, 6.07) is 16.8. The van der Waals surface area contributed by atoms with E-state index in [1.54, 1.807) is 12.1 Å². The van der Waals surface area contributed by atoms with Gasteiger partial charge in [-0.05, 0) is 54.4 Å². The first-order valence-corrected chi connectivity index (χ1v) is 12.0. The third kappa shape index (κ3) is 9.57. The Hall–Kier alpha value is -1.69. The number of hydrogen-bond acceptors (Lipinski definition) is 3. The summed E-state index contributed by atoms with van der Waals surface area (Å²) >= 11 is 0. The van der Waals surface area contributed by atoms with Crippen molar-refractivity contribution < 1.29 is 17.7 Å². The van der Waals surface area contributed by atoms with Gasteiger partial charge < -0.3 is 4.74 Å². The van der Waals surface area contributed by atoms with Crippen LogP contribution in [-0.2, 0) is 27.9 Å². The van der Waals surface area contributed by atoms with Crippen LogP contribution < -0.4 is 0 Å². The third-order valence-electron chi connectivity index (χ3n) is 5.41. The van der Waals surface area contributed by atoms with Crippen LogP contribution in [0, 0.1) is 11.8 Å². The lowest BCUT2D eigenvalue weighted by Gasteiger charge is -2.15. The van der Waals surface area contributed by atoms with Gasteiger partial charge in [0.15, 0.2) is 0 Å². The molecule has 0 bridgehead atoms. The summed E-state index contributed by atoms with van der Waals surface area (Å²) in [7, 11) is -4.10. The molecular weight excluding hydrogens is 384 g/mol. The maximum atomic E-state index is 11.1. The topological polar surface area (TPSA) is 63.6 Å². The van der Waals surface area contributed by atoms with Gasteiger partial charge in [-0.2, -0.15) is 8.42 Å². The first kappa shape index (κ1) is 23.6. The molecule has 0 aliphatic carbocycles. The largest absolute Gasteiger partial charge is 0.377 e. The molecule has 2 atom stereocenters. The van der Waals surface area contributed by atoms with E-state index in [9.17, 15) is 8.42 Å². The Morgan fingerprint density at radius 1 is 0.828 bits per heavy atom.